The molecule has 0 aromatic heterocycles. The highest BCUT2D eigenvalue weighted by Crippen LogP contribution is 2.48. The van der Waals surface area contributed by atoms with Crippen LogP contribution in [-0.2, 0) is 14.9 Å². The summed E-state index contributed by atoms with van der Waals surface area (Å²) in [4.78, 5) is 25.7. The molecule has 0 bridgehead atoms. The Labute approximate surface area is 145 Å². The topological polar surface area (TPSA) is 95.9 Å². The summed E-state index contributed by atoms with van der Waals surface area (Å²) in [6.07, 6.45) is -4.54. The van der Waals surface area contributed by atoms with E-state index in [0.29, 0.717) is 0 Å². The van der Waals surface area contributed by atoms with E-state index in [9.17, 15) is 18.0 Å². The zero-order valence-electron chi connectivity index (χ0n) is 12.3. The number of carbonyl (C=O) groups is 1. The van der Waals surface area contributed by atoms with Crippen LogP contribution < -0.4 is 5.32 Å². The highest BCUT2D eigenvalue weighted by molar-refractivity contribution is 7.30. The summed E-state index contributed by atoms with van der Waals surface area (Å²) in [7, 11) is -2.87. The Bertz CT molecular complexity index is 768. The summed E-state index contributed by atoms with van der Waals surface area (Å²) >= 11 is 5.78. The lowest BCUT2D eigenvalue weighted by atomic mass is 9.90. The number of hydrogen-bond donors (Lipinski definition) is 3. The Kier molecular flexibility index (Phi) is 5.59. The number of halogens is 4. The van der Waals surface area contributed by atoms with Gasteiger partial charge in [-0.25, -0.2) is 4.79 Å². The summed E-state index contributed by atoms with van der Waals surface area (Å²) < 4.78 is 54.1. The number of rotatable bonds is 0. The average Bonchev–Trinajstić information content (AvgIpc) is 3.27. The lowest BCUT2D eigenvalue weighted by Crippen LogP contribution is -2.49. The molecule has 6 nitrogen and oxygen atoms in total. The van der Waals surface area contributed by atoms with Gasteiger partial charge in [0.15, 0.2) is 0 Å². The van der Waals surface area contributed by atoms with E-state index in [1.807, 2.05) is 0 Å². The monoisotopic (exact) mass is 396 g/mol. The lowest BCUT2D eigenvalue weighted by molar-refractivity contribution is -0.239. The Morgan fingerprint density at radius 2 is 1.96 bits per heavy atom. The number of amides is 1. The van der Waals surface area contributed by atoms with Crippen LogP contribution in [0.25, 0.3) is 0 Å². The molecule has 11 heteroatoms. The maximum Gasteiger partial charge on any atom is 0.692 e. The van der Waals surface area contributed by atoms with Crippen molar-refractivity contribution in [3.63, 3.8) is 0 Å². The molecule has 1 amide bonds. The van der Waals surface area contributed by atoms with Gasteiger partial charge in [-0.15, -0.1) is 9.79 Å². The van der Waals surface area contributed by atoms with Crippen LogP contribution >= 0.6 is 19.9 Å². The molecule has 0 unspecified atom stereocenters. The molecular formula is C14H11ClF3NO5P+. The van der Waals surface area contributed by atoms with Gasteiger partial charge in [-0.2, -0.15) is 13.2 Å². The number of nitrogens with one attached hydrogen (secondary N) is 1. The molecule has 1 aliphatic heterocycles. The summed E-state index contributed by atoms with van der Waals surface area (Å²) in [5, 5.41) is 2.34. The van der Waals surface area contributed by atoms with Crippen LogP contribution in [0.1, 0.15) is 18.4 Å². The third kappa shape index (κ3) is 4.61. The summed E-state index contributed by atoms with van der Waals surface area (Å²) in [5.41, 5.74) is -3.27. The zero-order chi connectivity index (χ0) is 18.8. The molecule has 1 fully saturated rings. The Morgan fingerprint density at radius 3 is 2.48 bits per heavy atom. The van der Waals surface area contributed by atoms with Crippen molar-refractivity contribution in [3.8, 4) is 11.8 Å². The van der Waals surface area contributed by atoms with Gasteiger partial charge in [0.05, 0.1) is 5.69 Å². The van der Waals surface area contributed by atoms with Crippen molar-refractivity contribution in [3.05, 3.63) is 28.8 Å². The van der Waals surface area contributed by atoms with Gasteiger partial charge in [0.2, 0.25) is 0 Å². The van der Waals surface area contributed by atoms with E-state index in [-0.39, 0.29) is 22.2 Å². The van der Waals surface area contributed by atoms with Crippen molar-refractivity contribution in [2.75, 3.05) is 5.32 Å². The molecule has 1 aromatic rings. The number of anilines is 1. The van der Waals surface area contributed by atoms with Crippen LogP contribution in [0.2, 0.25) is 5.02 Å². The second-order valence-corrected chi connectivity index (χ2v) is 6.12. The van der Waals surface area contributed by atoms with Gasteiger partial charge in [0, 0.05) is 21.1 Å². The van der Waals surface area contributed by atoms with Crippen molar-refractivity contribution in [1.82, 2.24) is 0 Å². The second kappa shape index (κ2) is 7.18. The molecule has 1 atom stereocenters. The third-order valence-corrected chi connectivity index (χ3v) is 3.51. The SMILES string of the molecule is O=C1Nc2ccc(Cl)cc2[C@@](C#CC2CC2)(C(F)(F)F)O1.O=[P+](O)O. The molecule has 3 rings (SSSR count). The maximum atomic E-state index is 13.6. The molecule has 1 heterocycles. The fourth-order valence-corrected chi connectivity index (χ4v) is 2.22. The molecular weight excluding hydrogens is 386 g/mol. The maximum absolute atomic E-state index is 13.6. The molecule has 3 N–H and O–H groups in total. The predicted octanol–water partition coefficient (Wildman–Crippen LogP) is 3.70. The molecule has 1 aliphatic carbocycles. The van der Waals surface area contributed by atoms with Gasteiger partial charge in [0.25, 0.3) is 5.60 Å². The smallest absolute Gasteiger partial charge is 0.415 e. The largest absolute Gasteiger partial charge is 0.692 e. The first-order valence-electron chi connectivity index (χ1n) is 6.79. The van der Waals surface area contributed by atoms with Crippen molar-refractivity contribution in [1.29, 1.82) is 0 Å². The van der Waals surface area contributed by atoms with Crippen LogP contribution in [0.3, 0.4) is 0 Å². The minimum absolute atomic E-state index is 0.00179. The van der Waals surface area contributed by atoms with Crippen LogP contribution in [0.15, 0.2) is 18.2 Å². The quantitative estimate of drug-likeness (QED) is 0.459. The molecule has 1 aromatic carbocycles. The number of cyclic esters (lactones) is 1. The average molecular weight is 397 g/mol. The van der Waals surface area contributed by atoms with Crippen LogP contribution in [0.4, 0.5) is 23.7 Å². The first kappa shape index (κ1) is 19.5. The van der Waals surface area contributed by atoms with Gasteiger partial charge in [-0.05, 0) is 37.0 Å². The Morgan fingerprint density at radius 1 is 1.36 bits per heavy atom. The first-order valence-corrected chi connectivity index (χ1v) is 8.34. The minimum atomic E-state index is -4.87. The van der Waals surface area contributed by atoms with E-state index in [2.05, 4.69) is 21.9 Å². The number of ether oxygens (including phenoxy) is 1. The molecule has 2 aliphatic rings. The van der Waals surface area contributed by atoms with Gasteiger partial charge in [0.1, 0.15) is 0 Å². The highest BCUT2D eigenvalue weighted by Gasteiger charge is 2.62. The van der Waals surface area contributed by atoms with Crippen LogP contribution in [0, 0.1) is 17.8 Å². The molecule has 25 heavy (non-hydrogen) atoms. The van der Waals surface area contributed by atoms with Crippen molar-refractivity contribution >= 4 is 31.6 Å². The number of carbonyl (C=O) groups excluding carboxylic acids is 1. The fourth-order valence-electron chi connectivity index (χ4n) is 2.05. The Balaban J connectivity index is 0.000000511. The first-order chi connectivity index (χ1) is 11.5. The van der Waals surface area contributed by atoms with E-state index < -0.39 is 26.1 Å². The van der Waals surface area contributed by atoms with E-state index >= 15 is 0 Å². The van der Waals surface area contributed by atoms with Crippen LogP contribution in [-0.4, -0.2) is 22.1 Å². The molecule has 0 radical (unpaired) electrons. The second-order valence-electron chi connectivity index (χ2n) is 5.18. The molecule has 1 saturated carbocycles. The van der Waals surface area contributed by atoms with E-state index in [4.69, 9.17) is 26.0 Å². The van der Waals surface area contributed by atoms with E-state index in [1.54, 1.807) is 0 Å². The minimum Gasteiger partial charge on any atom is -0.415 e. The van der Waals surface area contributed by atoms with Gasteiger partial charge >= 0.3 is 20.5 Å². The summed E-state index contributed by atoms with van der Waals surface area (Å²) in [6.45, 7) is 0. The van der Waals surface area contributed by atoms with Gasteiger partial charge in [-0.3, -0.25) is 5.32 Å². The van der Waals surface area contributed by atoms with Crippen molar-refractivity contribution in [2.24, 2.45) is 5.92 Å². The molecule has 0 spiro atoms. The van der Waals surface area contributed by atoms with Gasteiger partial charge in [-0.1, -0.05) is 17.5 Å². The van der Waals surface area contributed by atoms with Crippen LogP contribution in [0.5, 0.6) is 0 Å². The van der Waals surface area contributed by atoms with Gasteiger partial charge < -0.3 is 4.74 Å². The predicted molar refractivity (Wildman–Crippen MR) is 81.8 cm³/mol. The molecule has 134 valence electrons. The lowest BCUT2D eigenvalue weighted by Gasteiger charge is -2.35. The normalized spacial score (nSPS) is 21.4. The fraction of sp³-hybridized carbons (Fsp3) is 0.357. The molecule has 0 saturated heterocycles. The third-order valence-electron chi connectivity index (χ3n) is 3.27. The number of hydrogen-bond acceptors (Lipinski definition) is 3. The highest BCUT2D eigenvalue weighted by atomic mass is 35.5. The van der Waals surface area contributed by atoms with E-state index in [0.717, 1.165) is 18.9 Å². The van der Waals surface area contributed by atoms with E-state index in [1.165, 1.54) is 12.1 Å². The number of benzene rings is 1. The summed E-state index contributed by atoms with van der Waals surface area (Å²) in [5.74, 6) is 4.60. The standard InChI is InChI=1S/C14H9ClF3NO2.HO3P/c15-9-3-4-11-10(7-9)13(14(16,17)18,21-12(20)19-11)6-5-8-1-2-8;1-4(2)3/h3-4,7-8H,1-2H2,(H,19,20);(H-,1,2,3)/p+1/t13-;/m0./s1. The summed E-state index contributed by atoms with van der Waals surface area (Å²) in [6, 6.07) is 3.81. The van der Waals surface area contributed by atoms with Crippen molar-refractivity contribution in [2.45, 2.75) is 24.6 Å². The zero-order valence-corrected chi connectivity index (χ0v) is 14.0. The number of alkyl halides is 3. The Hall–Kier alpha value is -1.85. The number of fused-ring (bicyclic) bond motifs is 1. The van der Waals surface area contributed by atoms with Crippen molar-refractivity contribution < 1.29 is 37.1 Å².